The summed E-state index contributed by atoms with van der Waals surface area (Å²) < 4.78 is 0. The number of nitrogens with zero attached hydrogens (tertiary/aromatic N) is 1. The van der Waals surface area contributed by atoms with Crippen LogP contribution in [0.4, 0.5) is 0 Å². The Kier molecular flexibility index (Phi) is 5.48. The lowest BCUT2D eigenvalue weighted by Crippen LogP contribution is -2.07. The van der Waals surface area contributed by atoms with Crippen molar-refractivity contribution < 1.29 is 0 Å². The molecule has 0 aliphatic heterocycles. The van der Waals surface area contributed by atoms with Gasteiger partial charge in [0.25, 0.3) is 0 Å². The maximum atomic E-state index is 4.92. The topological polar surface area (TPSA) is 12.9 Å². The lowest BCUT2D eigenvalue weighted by Gasteiger charge is -2.19. The van der Waals surface area contributed by atoms with Gasteiger partial charge in [-0.3, -0.25) is 0 Å². The zero-order chi connectivity index (χ0) is 18.5. The molecule has 1 aromatic carbocycles. The fourth-order valence-corrected chi connectivity index (χ4v) is 3.10. The van der Waals surface area contributed by atoms with E-state index in [9.17, 15) is 0 Å². The molecule has 0 saturated carbocycles. The van der Waals surface area contributed by atoms with Gasteiger partial charge in [-0.15, -0.1) is 0 Å². The van der Waals surface area contributed by atoms with Gasteiger partial charge in [-0.05, 0) is 46.2 Å². The molecule has 1 heteroatoms. The third kappa shape index (κ3) is 3.83. The van der Waals surface area contributed by atoms with Gasteiger partial charge in [0.2, 0.25) is 0 Å². The average Bonchev–Trinajstić information content (AvgIpc) is 2.68. The Morgan fingerprint density at radius 2 is 1.77 bits per heavy atom. The molecule has 2 atom stereocenters. The van der Waals surface area contributed by atoms with Gasteiger partial charge < -0.3 is 0 Å². The summed E-state index contributed by atoms with van der Waals surface area (Å²) in [7, 11) is 0. The Morgan fingerprint density at radius 3 is 2.42 bits per heavy atom. The third-order valence-electron chi connectivity index (χ3n) is 4.89. The van der Waals surface area contributed by atoms with Crippen molar-refractivity contribution in [3.05, 3.63) is 103 Å². The van der Waals surface area contributed by atoms with Gasteiger partial charge in [-0.2, -0.15) is 0 Å². The summed E-state index contributed by atoms with van der Waals surface area (Å²) in [5.74, 6) is 1.06. The summed E-state index contributed by atoms with van der Waals surface area (Å²) in [4.78, 5) is 4.92. The van der Waals surface area contributed by atoms with Crippen LogP contribution in [0, 0.1) is 11.8 Å². The zero-order valence-corrected chi connectivity index (χ0v) is 15.5. The fourth-order valence-electron chi connectivity index (χ4n) is 3.10. The first-order chi connectivity index (χ1) is 12.6. The molecule has 0 N–H and O–H groups in total. The number of pyridine rings is 1. The zero-order valence-electron chi connectivity index (χ0n) is 15.5. The van der Waals surface area contributed by atoms with Gasteiger partial charge >= 0.3 is 0 Å². The highest BCUT2D eigenvalue weighted by Crippen LogP contribution is 2.31. The van der Waals surface area contributed by atoms with E-state index in [4.69, 9.17) is 4.98 Å². The molecule has 1 aromatic heterocycles. The Bertz CT molecular complexity index is 897. The molecule has 0 fully saturated rings. The highest BCUT2D eigenvalue weighted by molar-refractivity contribution is 5.81. The first kappa shape index (κ1) is 17.9. The van der Waals surface area contributed by atoms with Crippen LogP contribution in [-0.4, -0.2) is 4.98 Å². The molecule has 2 aromatic rings. The molecule has 1 aliphatic rings. The highest BCUT2D eigenvalue weighted by atomic mass is 14.7. The van der Waals surface area contributed by atoms with Crippen LogP contribution < -0.4 is 0 Å². The number of benzene rings is 1. The Balaban J connectivity index is 2.17. The fraction of sp³-hybridized carbons (Fsp3) is 0.160. The first-order valence-electron chi connectivity index (χ1n) is 9.06. The lowest BCUT2D eigenvalue weighted by atomic mass is 9.87. The monoisotopic (exact) mass is 339 g/mol. The van der Waals surface area contributed by atoms with E-state index in [1.54, 1.807) is 6.08 Å². The molecule has 26 heavy (non-hydrogen) atoms. The standard InChI is InChI=1S/C25H25N/c1-5-10-20(6-2)24-16-23(21-11-8-7-9-12-21)17-25(26-24)22-14-13-18(3)19(4)15-22/h5-19H,1-2H2,3-4H3/b20-10+. The second-order valence-electron chi connectivity index (χ2n) is 6.75. The molecule has 130 valence electrons. The molecule has 0 saturated heterocycles. The molecule has 1 heterocycles. The summed E-state index contributed by atoms with van der Waals surface area (Å²) in [5, 5.41) is 0. The molecular formula is C25H25N. The van der Waals surface area contributed by atoms with E-state index in [1.807, 2.05) is 18.2 Å². The molecule has 2 unspecified atom stereocenters. The minimum atomic E-state index is 0.503. The largest absolute Gasteiger partial charge is 0.248 e. The van der Waals surface area contributed by atoms with E-state index in [0.717, 1.165) is 22.5 Å². The highest BCUT2D eigenvalue weighted by Gasteiger charge is 2.15. The molecule has 0 radical (unpaired) electrons. The van der Waals surface area contributed by atoms with Gasteiger partial charge in [-0.1, -0.05) is 93.8 Å². The molecule has 3 rings (SSSR count). The molecule has 0 amide bonds. The first-order valence-corrected chi connectivity index (χ1v) is 9.06. The van der Waals surface area contributed by atoms with Crippen LogP contribution in [0.25, 0.3) is 22.3 Å². The number of hydrogen-bond donors (Lipinski definition) is 0. The van der Waals surface area contributed by atoms with E-state index in [1.165, 1.54) is 11.1 Å². The van der Waals surface area contributed by atoms with Crippen molar-refractivity contribution in [3.63, 3.8) is 0 Å². The summed E-state index contributed by atoms with van der Waals surface area (Å²) in [6.07, 6.45) is 12.3. The number of allylic oxidation sites excluding steroid dienone is 8. The quantitative estimate of drug-likeness (QED) is 0.550. The molecule has 1 aliphatic carbocycles. The lowest BCUT2D eigenvalue weighted by molar-refractivity contribution is 0.554. The number of hydrogen-bond acceptors (Lipinski definition) is 1. The third-order valence-corrected chi connectivity index (χ3v) is 4.89. The maximum absolute atomic E-state index is 4.92. The predicted molar refractivity (Wildman–Crippen MR) is 113 cm³/mol. The normalized spacial score (nSPS) is 19.8. The summed E-state index contributed by atoms with van der Waals surface area (Å²) in [5.41, 5.74) is 6.40. The van der Waals surface area contributed by atoms with Crippen LogP contribution in [-0.2, 0) is 0 Å². The van der Waals surface area contributed by atoms with Crippen LogP contribution in [0.15, 0.2) is 92.1 Å². The average molecular weight is 339 g/mol. The Labute approximate surface area is 156 Å². The molecular weight excluding hydrogens is 314 g/mol. The second kappa shape index (κ2) is 7.97. The summed E-state index contributed by atoms with van der Waals surface area (Å²) >= 11 is 0. The van der Waals surface area contributed by atoms with Crippen molar-refractivity contribution in [1.82, 2.24) is 4.98 Å². The van der Waals surface area contributed by atoms with Crippen LogP contribution in [0.1, 0.15) is 25.2 Å². The number of aromatic nitrogens is 1. The molecule has 1 nitrogen and oxygen atoms in total. The SMILES string of the molecule is C=C/C=C(\C=C)c1cc(-c2ccccc2)cc(C2=CC(C)C(C)C=C2)n1. The van der Waals surface area contributed by atoms with E-state index in [0.29, 0.717) is 11.8 Å². The van der Waals surface area contributed by atoms with Crippen LogP contribution in [0.5, 0.6) is 0 Å². The smallest absolute Gasteiger partial charge is 0.0715 e. The van der Waals surface area contributed by atoms with E-state index >= 15 is 0 Å². The van der Waals surface area contributed by atoms with Gasteiger partial charge in [-0.25, -0.2) is 4.98 Å². The molecule has 0 bridgehead atoms. The summed E-state index contributed by atoms with van der Waals surface area (Å²) in [6, 6.07) is 14.7. The maximum Gasteiger partial charge on any atom is 0.0715 e. The van der Waals surface area contributed by atoms with Gasteiger partial charge in [0.1, 0.15) is 0 Å². The second-order valence-corrected chi connectivity index (χ2v) is 6.75. The van der Waals surface area contributed by atoms with Crippen molar-refractivity contribution >= 4 is 11.1 Å². The van der Waals surface area contributed by atoms with Crippen molar-refractivity contribution in [3.8, 4) is 11.1 Å². The van der Waals surface area contributed by atoms with Gasteiger partial charge in [0.05, 0.1) is 11.4 Å². The minimum absolute atomic E-state index is 0.503. The van der Waals surface area contributed by atoms with Crippen LogP contribution in [0.3, 0.4) is 0 Å². The number of rotatable bonds is 5. The van der Waals surface area contributed by atoms with Crippen molar-refractivity contribution in [2.75, 3.05) is 0 Å². The van der Waals surface area contributed by atoms with Crippen LogP contribution >= 0.6 is 0 Å². The van der Waals surface area contributed by atoms with E-state index < -0.39 is 0 Å². The van der Waals surface area contributed by atoms with Crippen LogP contribution in [0.2, 0.25) is 0 Å². The van der Waals surface area contributed by atoms with E-state index in [-0.39, 0.29) is 0 Å². The Morgan fingerprint density at radius 1 is 1.00 bits per heavy atom. The van der Waals surface area contributed by atoms with Gasteiger partial charge in [0, 0.05) is 0 Å². The van der Waals surface area contributed by atoms with Crippen molar-refractivity contribution in [2.24, 2.45) is 11.8 Å². The minimum Gasteiger partial charge on any atom is -0.248 e. The van der Waals surface area contributed by atoms with Gasteiger partial charge in [0.15, 0.2) is 0 Å². The predicted octanol–water partition coefficient (Wildman–Crippen LogP) is 6.73. The van der Waals surface area contributed by atoms with E-state index in [2.05, 4.69) is 81.6 Å². The Hall–Kier alpha value is -2.93. The molecule has 0 spiro atoms. The van der Waals surface area contributed by atoms with Crippen molar-refractivity contribution in [1.29, 1.82) is 0 Å². The summed E-state index contributed by atoms with van der Waals surface area (Å²) in [6.45, 7) is 12.2. The van der Waals surface area contributed by atoms with Crippen molar-refractivity contribution in [2.45, 2.75) is 13.8 Å².